The van der Waals surface area contributed by atoms with Gasteiger partial charge in [-0.15, -0.1) is 0 Å². The third-order valence-electron chi connectivity index (χ3n) is 3.80. The van der Waals surface area contributed by atoms with Crippen LogP contribution in [0.15, 0.2) is 18.2 Å². The van der Waals surface area contributed by atoms with Crippen molar-refractivity contribution in [2.24, 2.45) is 5.92 Å². The number of aliphatic hydroxyl groups is 1. The van der Waals surface area contributed by atoms with E-state index in [1.54, 1.807) is 0 Å². The number of benzene rings is 1. The van der Waals surface area contributed by atoms with E-state index in [9.17, 15) is 5.11 Å². The summed E-state index contributed by atoms with van der Waals surface area (Å²) in [5.74, 6) is 0.451. The Hall–Kier alpha value is -1.22. The van der Waals surface area contributed by atoms with Crippen molar-refractivity contribution in [3.05, 3.63) is 23.8 Å². The first-order valence-corrected chi connectivity index (χ1v) is 6.37. The second-order valence-corrected chi connectivity index (χ2v) is 5.11. The van der Waals surface area contributed by atoms with Crippen LogP contribution in [-0.2, 0) is 0 Å². The molecule has 1 aliphatic heterocycles. The predicted octanol–water partition coefficient (Wildman–Crippen LogP) is 2.17. The van der Waals surface area contributed by atoms with Crippen molar-refractivity contribution in [1.29, 1.82) is 0 Å². The van der Waals surface area contributed by atoms with Crippen LogP contribution in [0.5, 0.6) is 0 Å². The number of nitrogen functional groups attached to an aromatic ring is 1. The van der Waals surface area contributed by atoms with Crippen molar-refractivity contribution in [3.63, 3.8) is 0 Å². The molecule has 0 aromatic heterocycles. The fourth-order valence-electron chi connectivity index (χ4n) is 2.59. The molecule has 0 bridgehead atoms. The van der Waals surface area contributed by atoms with E-state index >= 15 is 0 Å². The van der Waals surface area contributed by atoms with Crippen molar-refractivity contribution in [2.45, 2.75) is 32.8 Å². The van der Waals surface area contributed by atoms with Gasteiger partial charge in [0.15, 0.2) is 0 Å². The Labute approximate surface area is 103 Å². The molecule has 3 N–H and O–H groups in total. The molecular weight excluding hydrogens is 212 g/mol. The zero-order valence-corrected chi connectivity index (χ0v) is 10.7. The Morgan fingerprint density at radius 1 is 1.35 bits per heavy atom. The molecule has 94 valence electrons. The maximum Gasteiger partial charge on any atom is 0.0541 e. The number of nitrogens with zero attached hydrogens (tertiary/aromatic N) is 1. The van der Waals surface area contributed by atoms with Crippen LogP contribution < -0.4 is 10.6 Å². The van der Waals surface area contributed by atoms with E-state index in [4.69, 9.17) is 5.73 Å². The first kappa shape index (κ1) is 12.2. The minimum atomic E-state index is -0.181. The Morgan fingerprint density at radius 2 is 2.00 bits per heavy atom. The Balaban J connectivity index is 2.07. The van der Waals surface area contributed by atoms with Crippen LogP contribution in [0, 0.1) is 12.8 Å². The molecule has 2 rings (SSSR count). The fraction of sp³-hybridized carbons (Fsp3) is 0.571. The fourth-order valence-corrected chi connectivity index (χ4v) is 2.59. The van der Waals surface area contributed by atoms with Crippen molar-refractivity contribution < 1.29 is 5.11 Å². The van der Waals surface area contributed by atoms with Gasteiger partial charge in [0.2, 0.25) is 0 Å². The summed E-state index contributed by atoms with van der Waals surface area (Å²) in [4.78, 5) is 2.38. The summed E-state index contributed by atoms with van der Waals surface area (Å²) in [7, 11) is 0. The van der Waals surface area contributed by atoms with Crippen molar-refractivity contribution in [3.8, 4) is 0 Å². The second-order valence-electron chi connectivity index (χ2n) is 5.11. The minimum absolute atomic E-state index is 0.181. The maximum atomic E-state index is 9.59. The molecule has 0 amide bonds. The average Bonchev–Trinajstić information content (AvgIpc) is 2.32. The van der Waals surface area contributed by atoms with Crippen LogP contribution in [0.3, 0.4) is 0 Å². The Morgan fingerprint density at radius 3 is 2.59 bits per heavy atom. The number of anilines is 2. The number of nitrogens with two attached hydrogens (primary N) is 1. The lowest BCUT2D eigenvalue weighted by atomic mass is 9.91. The smallest absolute Gasteiger partial charge is 0.0541 e. The zero-order chi connectivity index (χ0) is 12.4. The molecule has 1 fully saturated rings. The Bertz CT molecular complexity index is 382. The highest BCUT2D eigenvalue weighted by Gasteiger charge is 2.23. The third kappa shape index (κ3) is 2.72. The molecule has 1 saturated heterocycles. The summed E-state index contributed by atoms with van der Waals surface area (Å²) in [5, 5.41) is 9.59. The van der Waals surface area contributed by atoms with Crippen LogP contribution in [0.2, 0.25) is 0 Å². The summed E-state index contributed by atoms with van der Waals surface area (Å²) < 4.78 is 0. The highest BCUT2D eigenvalue weighted by atomic mass is 16.3. The van der Waals surface area contributed by atoms with E-state index in [-0.39, 0.29) is 6.10 Å². The summed E-state index contributed by atoms with van der Waals surface area (Å²) in [6.45, 7) is 6.04. The van der Waals surface area contributed by atoms with Crippen LogP contribution in [0.4, 0.5) is 11.4 Å². The van der Waals surface area contributed by atoms with E-state index in [1.165, 1.54) is 11.3 Å². The highest BCUT2D eigenvalue weighted by molar-refractivity contribution is 5.61. The van der Waals surface area contributed by atoms with Crippen molar-refractivity contribution in [1.82, 2.24) is 0 Å². The lowest BCUT2D eigenvalue weighted by Crippen LogP contribution is -2.37. The molecule has 0 saturated carbocycles. The molecule has 3 heteroatoms. The van der Waals surface area contributed by atoms with Gasteiger partial charge >= 0.3 is 0 Å². The van der Waals surface area contributed by atoms with Crippen molar-refractivity contribution >= 4 is 11.4 Å². The molecule has 3 nitrogen and oxygen atoms in total. The Kier molecular flexibility index (Phi) is 3.57. The van der Waals surface area contributed by atoms with Gasteiger partial charge in [0.05, 0.1) is 6.10 Å². The molecule has 1 unspecified atom stereocenters. The molecule has 1 atom stereocenters. The van der Waals surface area contributed by atoms with Gasteiger partial charge in [-0.25, -0.2) is 0 Å². The third-order valence-corrected chi connectivity index (χ3v) is 3.80. The van der Waals surface area contributed by atoms with E-state index in [1.807, 2.05) is 13.0 Å². The number of hydrogen-bond acceptors (Lipinski definition) is 3. The SMILES string of the molecule is Cc1ccc(N)cc1N1CCC(C(C)O)CC1. The number of piperidine rings is 1. The molecule has 17 heavy (non-hydrogen) atoms. The minimum Gasteiger partial charge on any atom is -0.399 e. The first-order valence-electron chi connectivity index (χ1n) is 6.37. The summed E-state index contributed by atoms with van der Waals surface area (Å²) in [6.07, 6.45) is 1.94. The van der Waals surface area contributed by atoms with Gasteiger partial charge in [0.25, 0.3) is 0 Å². The largest absolute Gasteiger partial charge is 0.399 e. The van der Waals surface area contributed by atoms with E-state index in [0.717, 1.165) is 31.6 Å². The number of aliphatic hydroxyl groups excluding tert-OH is 1. The maximum absolute atomic E-state index is 9.59. The van der Waals surface area contributed by atoms with Gasteiger partial charge in [-0.1, -0.05) is 6.07 Å². The lowest BCUT2D eigenvalue weighted by molar-refractivity contribution is 0.110. The number of rotatable bonds is 2. The topological polar surface area (TPSA) is 49.5 Å². The average molecular weight is 234 g/mol. The van der Waals surface area contributed by atoms with Gasteiger partial charge < -0.3 is 15.7 Å². The molecule has 1 aromatic rings. The number of hydrogen-bond donors (Lipinski definition) is 2. The highest BCUT2D eigenvalue weighted by Crippen LogP contribution is 2.28. The van der Waals surface area contributed by atoms with Gasteiger partial charge in [-0.05, 0) is 50.3 Å². The molecule has 1 aromatic carbocycles. The van der Waals surface area contributed by atoms with Gasteiger partial charge in [0, 0.05) is 24.5 Å². The van der Waals surface area contributed by atoms with Crippen LogP contribution in [0.1, 0.15) is 25.3 Å². The molecular formula is C14H22N2O. The van der Waals surface area contributed by atoms with Gasteiger partial charge in [0.1, 0.15) is 0 Å². The summed E-state index contributed by atoms with van der Waals surface area (Å²) in [6, 6.07) is 6.07. The van der Waals surface area contributed by atoms with Crippen molar-refractivity contribution in [2.75, 3.05) is 23.7 Å². The van der Waals surface area contributed by atoms with E-state index in [0.29, 0.717) is 5.92 Å². The zero-order valence-electron chi connectivity index (χ0n) is 10.7. The second kappa shape index (κ2) is 4.96. The van der Waals surface area contributed by atoms with Gasteiger partial charge in [-0.3, -0.25) is 0 Å². The molecule has 0 spiro atoms. The first-order chi connectivity index (χ1) is 8.08. The van der Waals surface area contributed by atoms with Crippen LogP contribution in [0.25, 0.3) is 0 Å². The monoisotopic (exact) mass is 234 g/mol. The molecule has 1 aliphatic rings. The normalized spacial score (nSPS) is 19.4. The van der Waals surface area contributed by atoms with Crippen LogP contribution >= 0.6 is 0 Å². The van der Waals surface area contributed by atoms with E-state index < -0.39 is 0 Å². The standard InChI is InChI=1S/C14H22N2O/c1-10-3-4-13(15)9-14(10)16-7-5-12(6-8-16)11(2)17/h3-4,9,11-12,17H,5-8,15H2,1-2H3. The lowest BCUT2D eigenvalue weighted by Gasteiger charge is -2.35. The molecule has 0 aliphatic carbocycles. The molecule has 1 heterocycles. The van der Waals surface area contributed by atoms with Gasteiger partial charge in [-0.2, -0.15) is 0 Å². The quantitative estimate of drug-likeness (QED) is 0.771. The van der Waals surface area contributed by atoms with Crippen LogP contribution in [-0.4, -0.2) is 24.3 Å². The predicted molar refractivity (Wildman–Crippen MR) is 72.2 cm³/mol. The molecule has 0 radical (unpaired) electrons. The summed E-state index contributed by atoms with van der Waals surface area (Å²) in [5.41, 5.74) is 9.18. The summed E-state index contributed by atoms with van der Waals surface area (Å²) >= 11 is 0. The number of aryl methyl sites for hydroxylation is 1. The van der Waals surface area contributed by atoms with E-state index in [2.05, 4.69) is 24.0 Å².